The molecule has 1 aliphatic heterocycles. The first kappa shape index (κ1) is 18.8. The first-order valence-electron chi connectivity index (χ1n) is 9.06. The van der Waals surface area contributed by atoms with Gasteiger partial charge in [0.25, 0.3) is 0 Å². The Labute approximate surface area is 172 Å². The van der Waals surface area contributed by atoms with Gasteiger partial charge in [0, 0.05) is 17.1 Å². The van der Waals surface area contributed by atoms with Gasteiger partial charge in [0.2, 0.25) is 11.1 Å². The standard InChI is InChI=1S/C20H20ClN5OS/c1-3-16-23-24-20-26(16)25-17(13-7-5-4-6-8-13)18(28-20)19(27)22-15-11-14(21)10-9-12(15)2/h4-11,17-18,25H,3H2,1-2H3,(H,22,27). The summed E-state index contributed by atoms with van der Waals surface area (Å²) >= 11 is 7.52. The molecule has 1 aromatic heterocycles. The number of nitrogens with one attached hydrogen (secondary N) is 2. The Bertz CT molecular complexity index is 1010. The number of hydrogen-bond acceptors (Lipinski definition) is 5. The van der Waals surface area contributed by atoms with Crippen molar-refractivity contribution < 1.29 is 4.79 Å². The van der Waals surface area contributed by atoms with Gasteiger partial charge in [-0.1, -0.05) is 66.7 Å². The summed E-state index contributed by atoms with van der Waals surface area (Å²) < 4.78 is 1.89. The normalized spacial score (nSPS) is 18.2. The maximum Gasteiger partial charge on any atom is 0.240 e. The van der Waals surface area contributed by atoms with Crippen molar-refractivity contribution in [3.05, 3.63) is 70.5 Å². The van der Waals surface area contributed by atoms with Crippen molar-refractivity contribution in [3.8, 4) is 0 Å². The lowest BCUT2D eigenvalue weighted by molar-refractivity contribution is -0.116. The highest BCUT2D eigenvalue weighted by molar-refractivity contribution is 8.00. The molecule has 0 saturated heterocycles. The molecule has 8 heteroatoms. The number of nitrogens with zero attached hydrogens (tertiary/aromatic N) is 3. The van der Waals surface area contributed by atoms with Crippen LogP contribution in [0.4, 0.5) is 5.69 Å². The van der Waals surface area contributed by atoms with Crippen molar-refractivity contribution in [1.82, 2.24) is 14.9 Å². The molecule has 4 rings (SSSR count). The summed E-state index contributed by atoms with van der Waals surface area (Å²) in [6.07, 6.45) is 0.751. The average molecular weight is 414 g/mol. The number of carbonyl (C=O) groups is 1. The maximum absolute atomic E-state index is 13.2. The van der Waals surface area contributed by atoms with Crippen molar-refractivity contribution in [1.29, 1.82) is 0 Å². The van der Waals surface area contributed by atoms with Crippen LogP contribution in [0.3, 0.4) is 0 Å². The number of amides is 1. The van der Waals surface area contributed by atoms with E-state index < -0.39 is 5.25 Å². The fraction of sp³-hybridized carbons (Fsp3) is 0.250. The first-order chi connectivity index (χ1) is 13.6. The number of benzene rings is 2. The molecule has 1 amide bonds. The summed E-state index contributed by atoms with van der Waals surface area (Å²) in [4.78, 5) is 13.2. The van der Waals surface area contributed by atoms with Gasteiger partial charge in [-0.25, -0.2) is 4.68 Å². The van der Waals surface area contributed by atoms with Gasteiger partial charge in [0.15, 0.2) is 5.82 Å². The lowest BCUT2D eigenvalue weighted by atomic mass is 10.0. The molecule has 2 atom stereocenters. The second-order valence-electron chi connectivity index (χ2n) is 6.59. The topological polar surface area (TPSA) is 71.8 Å². The smallest absolute Gasteiger partial charge is 0.240 e. The second kappa shape index (κ2) is 7.85. The molecule has 6 nitrogen and oxygen atoms in total. The summed E-state index contributed by atoms with van der Waals surface area (Å²) in [5, 5.41) is 12.4. The Balaban J connectivity index is 1.68. The Hall–Kier alpha value is -2.51. The number of aromatic nitrogens is 3. The van der Waals surface area contributed by atoms with Crippen LogP contribution in [-0.2, 0) is 11.2 Å². The van der Waals surface area contributed by atoms with Crippen LogP contribution in [-0.4, -0.2) is 26.0 Å². The molecule has 0 bridgehead atoms. The van der Waals surface area contributed by atoms with E-state index in [2.05, 4.69) is 20.9 Å². The molecular formula is C20H20ClN5OS. The Kier molecular flexibility index (Phi) is 5.28. The molecular weight excluding hydrogens is 394 g/mol. The second-order valence-corrected chi connectivity index (χ2v) is 8.14. The molecule has 0 fully saturated rings. The predicted molar refractivity (Wildman–Crippen MR) is 112 cm³/mol. The van der Waals surface area contributed by atoms with Crippen molar-refractivity contribution >= 4 is 35.0 Å². The first-order valence-corrected chi connectivity index (χ1v) is 10.3. The molecule has 2 unspecified atom stereocenters. The van der Waals surface area contributed by atoms with Crippen molar-refractivity contribution in [2.24, 2.45) is 0 Å². The van der Waals surface area contributed by atoms with E-state index in [9.17, 15) is 4.79 Å². The van der Waals surface area contributed by atoms with E-state index in [1.807, 2.05) is 61.0 Å². The highest BCUT2D eigenvalue weighted by atomic mass is 35.5. The van der Waals surface area contributed by atoms with Gasteiger partial charge in [-0.05, 0) is 30.2 Å². The molecule has 28 heavy (non-hydrogen) atoms. The van der Waals surface area contributed by atoms with Crippen LogP contribution < -0.4 is 10.7 Å². The summed E-state index contributed by atoms with van der Waals surface area (Å²) in [6, 6.07) is 15.2. The highest BCUT2D eigenvalue weighted by Crippen LogP contribution is 2.37. The van der Waals surface area contributed by atoms with Gasteiger partial charge in [-0.3, -0.25) is 4.79 Å². The molecule has 2 N–H and O–H groups in total. The third-order valence-corrected chi connectivity index (χ3v) is 6.14. The van der Waals surface area contributed by atoms with Gasteiger partial charge in [-0.15, -0.1) is 10.2 Å². The SMILES string of the molecule is CCc1nnc2n1NC(c1ccccc1)C(C(=O)Nc1cc(Cl)ccc1C)S2. The van der Waals surface area contributed by atoms with Crippen LogP contribution >= 0.6 is 23.4 Å². The minimum absolute atomic E-state index is 0.107. The Morgan fingerprint density at radius 2 is 2.04 bits per heavy atom. The largest absolute Gasteiger partial charge is 0.325 e. The van der Waals surface area contributed by atoms with Crippen LogP contribution in [0.1, 0.15) is 29.9 Å². The van der Waals surface area contributed by atoms with Crippen molar-refractivity contribution in [3.63, 3.8) is 0 Å². The minimum Gasteiger partial charge on any atom is -0.325 e. The molecule has 0 radical (unpaired) electrons. The van der Waals surface area contributed by atoms with Gasteiger partial charge >= 0.3 is 0 Å². The predicted octanol–water partition coefficient (Wildman–Crippen LogP) is 4.20. The molecule has 2 heterocycles. The number of fused-ring (bicyclic) bond motifs is 1. The van der Waals surface area contributed by atoms with Crippen LogP contribution in [0, 0.1) is 6.92 Å². The van der Waals surface area contributed by atoms with Gasteiger partial charge in [-0.2, -0.15) is 0 Å². The Morgan fingerprint density at radius 1 is 1.25 bits per heavy atom. The van der Waals surface area contributed by atoms with Crippen molar-refractivity contribution in [2.75, 3.05) is 10.7 Å². The van der Waals surface area contributed by atoms with Crippen LogP contribution in [0.5, 0.6) is 0 Å². The van der Waals surface area contributed by atoms with Gasteiger partial charge in [0.05, 0.1) is 6.04 Å². The fourth-order valence-corrected chi connectivity index (χ4v) is 4.44. The van der Waals surface area contributed by atoms with Crippen LogP contribution in [0.15, 0.2) is 53.7 Å². The van der Waals surface area contributed by atoms with E-state index in [0.717, 1.165) is 23.4 Å². The van der Waals surface area contributed by atoms with E-state index in [-0.39, 0.29) is 11.9 Å². The molecule has 1 aliphatic rings. The third-order valence-electron chi connectivity index (χ3n) is 4.69. The minimum atomic E-state index is -0.415. The lowest BCUT2D eigenvalue weighted by Crippen LogP contribution is -2.41. The number of carbonyl (C=O) groups excluding carboxylic acids is 1. The molecule has 0 aliphatic carbocycles. The third kappa shape index (κ3) is 3.59. The van der Waals surface area contributed by atoms with Crippen LogP contribution in [0.2, 0.25) is 5.02 Å². The molecule has 0 saturated carbocycles. The number of hydrogen-bond donors (Lipinski definition) is 2. The van der Waals surface area contributed by atoms with Crippen molar-refractivity contribution in [2.45, 2.75) is 36.7 Å². The zero-order chi connectivity index (χ0) is 19.7. The summed E-state index contributed by atoms with van der Waals surface area (Å²) in [6.45, 7) is 3.97. The number of anilines is 1. The quantitative estimate of drug-likeness (QED) is 0.670. The lowest BCUT2D eigenvalue weighted by Gasteiger charge is -2.33. The molecule has 3 aromatic rings. The van der Waals surface area contributed by atoms with E-state index in [1.165, 1.54) is 11.8 Å². The van der Waals surface area contributed by atoms with Gasteiger partial charge in [0.1, 0.15) is 5.25 Å². The Morgan fingerprint density at radius 3 is 2.79 bits per heavy atom. The molecule has 144 valence electrons. The monoisotopic (exact) mass is 413 g/mol. The number of aryl methyl sites for hydroxylation is 2. The zero-order valence-electron chi connectivity index (χ0n) is 15.5. The fourth-order valence-electron chi connectivity index (χ4n) is 3.17. The van der Waals surface area contributed by atoms with E-state index >= 15 is 0 Å². The van der Waals surface area contributed by atoms with E-state index in [0.29, 0.717) is 15.9 Å². The average Bonchev–Trinajstić information content (AvgIpc) is 3.12. The summed E-state index contributed by atoms with van der Waals surface area (Å²) in [5.41, 5.74) is 6.14. The van der Waals surface area contributed by atoms with E-state index in [1.54, 1.807) is 6.07 Å². The van der Waals surface area contributed by atoms with E-state index in [4.69, 9.17) is 11.6 Å². The number of halogens is 1. The molecule has 2 aromatic carbocycles. The number of thioether (sulfide) groups is 1. The maximum atomic E-state index is 13.2. The number of rotatable bonds is 4. The molecule has 0 spiro atoms. The van der Waals surface area contributed by atoms with Crippen LogP contribution in [0.25, 0.3) is 0 Å². The summed E-state index contributed by atoms with van der Waals surface area (Å²) in [5.74, 6) is 0.733. The van der Waals surface area contributed by atoms with Gasteiger partial charge < -0.3 is 10.7 Å². The summed E-state index contributed by atoms with van der Waals surface area (Å²) in [7, 11) is 0. The highest BCUT2D eigenvalue weighted by Gasteiger charge is 2.37. The zero-order valence-corrected chi connectivity index (χ0v) is 17.1.